The number of para-hydroxylation sites is 2. The van der Waals surface area contributed by atoms with Crippen molar-refractivity contribution in [3.8, 4) is 0 Å². The van der Waals surface area contributed by atoms with E-state index in [2.05, 4.69) is 67.7 Å². The summed E-state index contributed by atoms with van der Waals surface area (Å²) < 4.78 is 16.4. The molecular formula is C28H34Cl3FN4. The molecule has 1 aromatic heterocycles. The van der Waals surface area contributed by atoms with E-state index < -0.39 is 0 Å². The molecule has 1 N–H and O–H groups in total. The van der Waals surface area contributed by atoms with Gasteiger partial charge in [0.1, 0.15) is 11.6 Å². The van der Waals surface area contributed by atoms with Crippen LogP contribution < -0.4 is 5.32 Å². The molecule has 1 unspecified atom stereocenters. The van der Waals surface area contributed by atoms with Crippen LogP contribution in [0.5, 0.6) is 0 Å². The minimum absolute atomic E-state index is 0.0794. The Balaban J connectivity index is 0.00000130. The fourth-order valence-electron chi connectivity index (χ4n) is 7.20. The first kappa shape index (κ1) is 26.2. The van der Waals surface area contributed by atoms with E-state index in [1.807, 2.05) is 12.1 Å². The maximum absolute atomic E-state index is 13.9. The Morgan fingerprint density at radius 2 is 1.72 bits per heavy atom. The van der Waals surface area contributed by atoms with Crippen LogP contribution in [0.25, 0.3) is 11.0 Å². The zero-order valence-corrected chi connectivity index (χ0v) is 23.0. The van der Waals surface area contributed by atoms with Gasteiger partial charge in [0.15, 0.2) is 0 Å². The van der Waals surface area contributed by atoms with Gasteiger partial charge in [-0.2, -0.15) is 0 Å². The van der Waals surface area contributed by atoms with E-state index in [1.54, 1.807) is 6.07 Å². The summed E-state index contributed by atoms with van der Waals surface area (Å²) >= 11 is 6.21. The summed E-state index contributed by atoms with van der Waals surface area (Å²) in [4.78, 5) is 7.64. The van der Waals surface area contributed by atoms with Crippen molar-refractivity contribution in [2.24, 2.45) is 0 Å². The molecule has 3 aromatic rings. The lowest BCUT2D eigenvalue weighted by atomic mass is 9.70. The predicted octanol–water partition coefficient (Wildman–Crippen LogP) is 7.40. The van der Waals surface area contributed by atoms with Crippen LogP contribution in [0, 0.1) is 12.7 Å². The Hall–Kier alpha value is -1.37. The number of hydrogen-bond donors (Lipinski definition) is 1. The van der Waals surface area contributed by atoms with Crippen LogP contribution in [0.3, 0.4) is 0 Å². The van der Waals surface area contributed by atoms with Gasteiger partial charge in [-0.05, 0) is 107 Å². The van der Waals surface area contributed by atoms with Crippen molar-refractivity contribution in [3.63, 3.8) is 0 Å². The largest absolute Gasteiger partial charge is 0.325 e. The maximum atomic E-state index is 13.9. The lowest BCUT2D eigenvalue weighted by Gasteiger charge is -2.44. The van der Waals surface area contributed by atoms with Gasteiger partial charge in [0, 0.05) is 39.8 Å². The molecule has 0 saturated carbocycles. The van der Waals surface area contributed by atoms with E-state index in [-0.39, 0.29) is 16.3 Å². The van der Waals surface area contributed by atoms with Crippen LogP contribution in [0.2, 0.25) is 5.02 Å². The van der Waals surface area contributed by atoms with Crippen LogP contribution in [0.4, 0.5) is 4.39 Å². The molecule has 0 aliphatic carbocycles. The Bertz CT molecular complexity index is 1180. The zero-order chi connectivity index (χ0) is 25.3. The normalized spacial score (nSPS) is 25.5. The number of imidazole rings is 1. The van der Waals surface area contributed by atoms with Crippen LogP contribution >= 0.6 is 33.3 Å². The second kappa shape index (κ2) is 11.2. The minimum atomic E-state index is -0.322. The fourth-order valence-corrected chi connectivity index (χ4v) is 7.39. The van der Waals surface area contributed by atoms with E-state index in [1.165, 1.54) is 36.8 Å². The van der Waals surface area contributed by atoms with Crippen LogP contribution in [-0.2, 0) is 5.41 Å². The molecule has 3 aliphatic heterocycles. The van der Waals surface area contributed by atoms with Crippen molar-refractivity contribution >= 4 is 44.3 Å². The van der Waals surface area contributed by atoms with E-state index in [0.29, 0.717) is 18.1 Å². The standard InChI is InChI=1S/C28H34ClFN4.Cl2/c1-19-32-26-4-2-3-5-27(26)34(19)23-17-21-7-8-22(18-23)33(21)15-12-28(10-13-31-14-11-28)20-6-9-25(30)24(29)16-20;1-2/h2-6,9,16,21-23,31H,7-8,10-15,17-18H2,1H3;/t21-,22+,23?;. The molecule has 0 amide bonds. The van der Waals surface area contributed by atoms with Gasteiger partial charge in [-0.1, -0.05) is 29.8 Å². The zero-order valence-electron chi connectivity index (χ0n) is 20.7. The third kappa shape index (κ3) is 4.90. The van der Waals surface area contributed by atoms with Crippen molar-refractivity contribution < 1.29 is 4.39 Å². The molecule has 3 fully saturated rings. The summed E-state index contributed by atoms with van der Waals surface area (Å²) in [7, 11) is 8.22. The number of aryl methyl sites for hydroxylation is 1. The first-order valence-electron chi connectivity index (χ1n) is 13.0. The van der Waals surface area contributed by atoms with Gasteiger partial charge in [-0.25, -0.2) is 9.37 Å². The molecule has 8 heteroatoms. The molecule has 3 saturated heterocycles. The molecule has 36 heavy (non-hydrogen) atoms. The van der Waals surface area contributed by atoms with Crippen molar-refractivity contribution in [1.82, 2.24) is 19.8 Å². The Morgan fingerprint density at radius 3 is 2.42 bits per heavy atom. The third-order valence-electron chi connectivity index (χ3n) is 8.94. The summed E-state index contributed by atoms with van der Waals surface area (Å²) in [6.07, 6.45) is 8.28. The minimum Gasteiger partial charge on any atom is -0.325 e. The number of halogens is 4. The van der Waals surface area contributed by atoms with Gasteiger partial charge >= 0.3 is 0 Å². The average molecular weight is 552 g/mol. The van der Waals surface area contributed by atoms with Gasteiger partial charge in [0.2, 0.25) is 0 Å². The lowest BCUT2D eigenvalue weighted by molar-refractivity contribution is 0.0929. The second-order valence-corrected chi connectivity index (χ2v) is 11.1. The Labute approximate surface area is 227 Å². The second-order valence-electron chi connectivity index (χ2n) is 10.7. The number of nitrogens with zero attached hydrogens (tertiary/aromatic N) is 3. The van der Waals surface area contributed by atoms with Crippen LogP contribution in [-0.4, -0.2) is 46.2 Å². The number of hydrogen-bond acceptors (Lipinski definition) is 3. The van der Waals surface area contributed by atoms with Gasteiger partial charge in [0.05, 0.1) is 16.1 Å². The molecule has 6 rings (SSSR count). The lowest BCUT2D eigenvalue weighted by Crippen LogP contribution is -2.47. The summed E-state index contributed by atoms with van der Waals surface area (Å²) in [5, 5.41) is 3.76. The molecule has 4 heterocycles. The van der Waals surface area contributed by atoms with Crippen LogP contribution in [0.15, 0.2) is 42.5 Å². The van der Waals surface area contributed by atoms with E-state index in [4.69, 9.17) is 16.6 Å². The molecule has 3 aliphatic rings. The number of aromatic nitrogens is 2. The molecule has 2 bridgehead atoms. The molecule has 2 aromatic carbocycles. The van der Waals surface area contributed by atoms with E-state index in [0.717, 1.165) is 50.2 Å². The molecular weight excluding hydrogens is 518 g/mol. The van der Waals surface area contributed by atoms with Gasteiger partial charge < -0.3 is 9.88 Å². The fraction of sp³-hybridized carbons (Fsp3) is 0.536. The number of benzene rings is 2. The predicted molar refractivity (Wildman–Crippen MR) is 148 cm³/mol. The maximum Gasteiger partial charge on any atom is 0.141 e. The highest BCUT2D eigenvalue weighted by molar-refractivity contribution is 6.85. The highest BCUT2D eigenvalue weighted by Gasteiger charge is 2.43. The van der Waals surface area contributed by atoms with Crippen LogP contribution in [0.1, 0.15) is 62.4 Å². The van der Waals surface area contributed by atoms with E-state index >= 15 is 0 Å². The SMILES string of the molecule is Cc1nc2ccccc2n1C1C[C@H]2CC[C@@H](C1)N2CCC1(c2ccc(F)c(Cl)c2)CCNCC1.ClCl. The van der Waals surface area contributed by atoms with Crippen molar-refractivity contribution in [2.75, 3.05) is 19.6 Å². The smallest absolute Gasteiger partial charge is 0.141 e. The number of piperidine rings is 2. The number of nitrogens with one attached hydrogen (secondary N) is 1. The highest BCUT2D eigenvalue weighted by atomic mass is 36.5. The highest BCUT2D eigenvalue weighted by Crippen LogP contribution is 2.44. The molecule has 194 valence electrons. The molecule has 4 nitrogen and oxygen atoms in total. The summed E-state index contributed by atoms with van der Waals surface area (Å²) in [5.41, 5.74) is 3.68. The summed E-state index contributed by atoms with van der Waals surface area (Å²) in [6.45, 7) is 5.29. The quantitative estimate of drug-likeness (QED) is 0.359. The third-order valence-corrected chi connectivity index (χ3v) is 9.23. The Morgan fingerprint density at radius 1 is 1.03 bits per heavy atom. The van der Waals surface area contributed by atoms with Gasteiger partial charge in [-0.15, -0.1) is 0 Å². The monoisotopic (exact) mass is 550 g/mol. The number of rotatable bonds is 5. The Kier molecular flexibility index (Phi) is 8.14. The topological polar surface area (TPSA) is 33.1 Å². The van der Waals surface area contributed by atoms with Crippen molar-refractivity contribution in [1.29, 1.82) is 0 Å². The van der Waals surface area contributed by atoms with E-state index in [9.17, 15) is 4.39 Å². The molecule has 0 spiro atoms. The number of fused-ring (bicyclic) bond motifs is 3. The molecule has 3 atom stereocenters. The average Bonchev–Trinajstić information content (AvgIpc) is 3.36. The molecule has 0 radical (unpaired) electrons. The van der Waals surface area contributed by atoms with Gasteiger partial charge in [-0.3, -0.25) is 4.90 Å². The van der Waals surface area contributed by atoms with Gasteiger partial charge in [0.25, 0.3) is 0 Å². The first-order chi connectivity index (χ1) is 17.5. The van der Waals surface area contributed by atoms with Crippen molar-refractivity contribution in [3.05, 3.63) is 64.7 Å². The van der Waals surface area contributed by atoms with Crippen molar-refractivity contribution in [2.45, 2.75) is 75.4 Å². The summed E-state index contributed by atoms with van der Waals surface area (Å²) in [5.74, 6) is 0.817. The summed E-state index contributed by atoms with van der Waals surface area (Å²) in [6, 6.07) is 15.8. The first-order valence-corrected chi connectivity index (χ1v) is 14.6.